The zero-order valence-corrected chi connectivity index (χ0v) is 27.6. The average molecular weight is 672 g/mol. The molecule has 0 aromatic heterocycles. The number of nitrogens with two attached hydrogens (primary N) is 1. The molecule has 5 atom stereocenters. The molecule has 1 aliphatic heterocycles. The Morgan fingerprint density at radius 1 is 1.04 bits per heavy atom. The zero-order chi connectivity index (χ0) is 35.5. The number of nitrogens with zero attached hydrogens (tertiary/aromatic N) is 1. The molecule has 12 nitrogen and oxygen atoms in total. The molecule has 1 heterocycles. The first kappa shape index (κ1) is 39.3. The molecule has 0 aliphatic carbocycles. The van der Waals surface area contributed by atoms with Crippen LogP contribution in [0.2, 0.25) is 0 Å². The highest BCUT2D eigenvalue weighted by molar-refractivity contribution is 5.94. The van der Waals surface area contributed by atoms with Gasteiger partial charge in [-0.05, 0) is 76.5 Å². The summed E-state index contributed by atoms with van der Waals surface area (Å²) in [6, 6.07) is -0.351. The molecule has 1 unspecified atom stereocenters. The lowest BCUT2D eigenvalue weighted by Crippen LogP contribution is -2.59. The predicted octanol–water partition coefficient (Wildman–Crippen LogP) is 3.36. The first-order valence-corrected chi connectivity index (χ1v) is 15.9. The second-order valence-electron chi connectivity index (χ2n) is 12.9. The summed E-state index contributed by atoms with van der Waals surface area (Å²) < 4.78 is 44.5. The van der Waals surface area contributed by atoms with Crippen LogP contribution in [0.3, 0.4) is 0 Å². The third kappa shape index (κ3) is 12.7. The summed E-state index contributed by atoms with van der Waals surface area (Å²) in [5, 5.41) is 17.5. The molecule has 0 bridgehead atoms. The summed E-state index contributed by atoms with van der Waals surface area (Å²) in [6.07, 6.45) is -2.96. The van der Waals surface area contributed by atoms with Crippen LogP contribution in [-0.2, 0) is 36.5 Å². The van der Waals surface area contributed by atoms with Gasteiger partial charge < -0.3 is 36.4 Å². The van der Waals surface area contributed by atoms with Gasteiger partial charge in [0.1, 0.15) is 23.7 Å². The van der Waals surface area contributed by atoms with Crippen LogP contribution in [0, 0.1) is 5.92 Å². The van der Waals surface area contributed by atoms with Crippen LogP contribution in [-0.4, -0.2) is 82.6 Å². The molecule has 1 saturated heterocycles. The lowest BCUT2D eigenvalue weighted by molar-refractivity contribution is -0.150. The Morgan fingerprint density at radius 2 is 1.68 bits per heavy atom. The van der Waals surface area contributed by atoms with Gasteiger partial charge in [0.2, 0.25) is 17.7 Å². The van der Waals surface area contributed by atoms with Crippen LogP contribution in [0.15, 0.2) is 24.3 Å². The number of hydrogen-bond donors (Lipinski definition) is 5. The van der Waals surface area contributed by atoms with Gasteiger partial charge in [0.05, 0.1) is 11.6 Å². The lowest BCUT2D eigenvalue weighted by Gasteiger charge is -2.31. The number of rotatable bonds is 15. The van der Waals surface area contributed by atoms with Crippen molar-refractivity contribution in [2.24, 2.45) is 11.7 Å². The lowest BCUT2D eigenvalue weighted by atomic mass is 9.96. The summed E-state index contributed by atoms with van der Waals surface area (Å²) >= 11 is 0. The Labute approximate surface area is 273 Å². The van der Waals surface area contributed by atoms with Crippen LogP contribution >= 0.6 is 0 Å². The molecule has 47 heavy (non-hydrogen) atoms. The highest BCUT2D eigenvalue weighted by Crippen LogP contribution is 2.29. The van der Waals surface area contributed by atoms with E-state index in [0.717, 1.165) is 12.1 Å². The second kappa shape index (κ2) is 17.3. The molecule has 15 heteroatoms. The van der Waals surface area contributed by atoms with E-state index in [-0.39, 0.29) is 32.4 Å². The van der Waals surface area contributed by atoms with E-state index < -0.39 is 77.2 Å². The summed E-state index contributed by atoms with van der Waals surface area (Å²) in [5.41, 5.74) is 4.89. The number of carboxylic acid groups (broad SMARTS) is 1. The minimum atomic E-state index is -4.56. The largest absolute Gasteiger partial charge is 0.480 e. The Morgan fingerprint density at radius 3 is 2.23 bits per heavy atom. The van der Waals surface area contributed by atoms with Gasteiger partial charge in [-0.3, -0.25) is 14.4 Å². The Hall–Kier alpha value is -3.88. The molecule has 4 amide bonds. The summed E-state index contributed by atoms with van der Waals surface area (Å²) in [5.74, 6) is -3.56. The summed E-state index contributed by atoms with van der Waals surface area (Å²) in [4.78, 5) is 65.1. The molecule has 0 radical (unpaired) electrons. The van der Waals surface area contributed by atoms with E-state index in [1.807, 2.05) is 0 Å². The standard InChI is InChI=1S/C32H48F3N5O7/c1-6-19(2)25(28(43)40-17-9-11-24(40)29(44)45)39-27(42)23(18-20-12-14-21(15-13-20)32(33,34)35)38-26(41)22(36)10-7-8-16-37-30(46)47-31(3,4)5/h12-15,19,22-25H,6-11,16-18,36H2,1-5H3,(H,37,46)(H,38,41)(H,39,42)(H,44,45)/t19?,22-,23+,24+,25+/m0/s1. The molecule has 0 spiro atoms. The monoisotopic (exact) mass is 671 g/mol. The fourth-order valence-corrected chi connectivity index (χ4v) is 5.08. The maximum absolute atomic E-state index is 13.7. The van der Waals surface area contributed by atoms with E-state index in [9.17, 15) is 42.3 Å². The van der Waals surface area contributed by atoms with Crippen molar-refractivity contribution in [2.45, 2.75) is 116 Å². The fraction of sp³-hybridized carbons (Fsp3) is 0.656. The molecule has 2 rings (SSSR count). The van der Waals surface area contributed by atoms with Crippen molar-refractivity contribution >= 4 is 29.8 Å². The molecule has 6 N–H and O–H groups in total. The van der Waals surface area contributed by atoms with Crippen LogP contribution < -0.4 is 21.7 Å². The Bertz CT molecular complexity index is 1240. The minimum absolute atomic E-state index is 0.203. The number of alkyl halides is 3. The van der Waals surface area contributed by atoms with Crippen molar-refractivity contribution in [2.75, 3.05) is 13.1 Å². The Balaban J connectivity index is 2.17. The van der Waals surface area contributed by atoms with Gasteiger partial charge in [-0.2, -0.15) is 13.2 Å². The van der Waals surface area contributed by atoms with Crippen molar-refractivity contribution in [1.29, 1.82) is 0 Å². The van der Waals surface area contributed by atoms with E-state index in [2.05, 4.69) is 16.0 Å². The van der Waals surface area contributed by atoms with Gasteiger partial charge in [0.15, 0.2) is 0 Å². The number of hydrogen-bond acceptors (Lipinski definition) is 7. The molecule has 0 saturated carbocycles. The van der Waals surface area contributed by atoms with Crippen molar-refractivity contribution in [3.63, 3.8) is 0 Å². The van der Waals surface area contributed by atoms with Crippen LogP contribution in [0.5, 0.6) is 0 Å². The normalized spacial score (nSPS) is 17.6. The average Bonchev–Trinajstić information content (AvgIpc) is 3.48. The first-order chi connectivity index (χ1) is 21.8. The van der Waals surface area contributed by atoms with Crippen LogP contribution in [0.1, 0.15) is 84.3 Å². The maximum atomic E-state index is 13.7. The number of nitrogens with one attached hydrogen (secondary N) is 3. The second-order valence-corrected chi connectivity index (χ2v) is 12.9. The number of likely N-dealkylation sites (tertiary alicyclic amines) is 1. The number of halogens is 3. The molecular weight excluding hydrogens is 623 g/mol. The van der Waals surface area contributed by atoms with E-state index in [1.165, 1.54) is 17.0 Å². The van der Waals surface area contributed by atoms with E-state index >= 15 is 0 Å². The number of ether oxygens (including phenoxy) is 1. The quantitative estimate of drug-likeness (QED) is 0.176. The smallest absolute Gasteiger partial charge is 0.416 e. The van der Waals surface area contributed by atoms with Gasteiger partial charge in [0.25, 0.3) is 0 Å². The number of aliphatic carboxylic acids is 1. The summed E-state index contributed by atoms with van der Waals surface area (Å²) in [7, 11) is 0. The predicted molar refractivity (Wildman–Crippen MR) is 167 cm³/mol. The SMILES string of the molecule is CCC(C)[C@@H](NC(=O)[C@@H](Cc1ccc(C(F)(F)F)cc1)NC(=O)[C@@H](N)CCCCNC(=O)OC(C)(C)C)C(=O)N1CCC[C@@H]1C(=O)O. The van der Waals surface area contributed by atoms with Crippen molar-refractivity contribution in [3.05, 3.63) is 35.4 Å². The number of amides is 4. The maximum Gasteiger partial charge on any atom is 0.416 e. The number of carbonyl (C=O) groups is 5. The van der Waals surface area contributed by atoms with Gasteiger partial charge in [-0.15, -0.1) is 0 Å². The van der Waals surface area contributed by atoms with E-state index in [0.29, 0.717) is 31.2 Å². The molecule has 1 aromatic rings. The van der Waals surface area contributed by atoms with Crippen LogP contribution in [0.25, 0.3) is 0 Å². The number of carbonyl (C=O) groups excluding carboxylic acids is 4. The van der Waals surface area contributed by atoms with Gasteiger partial charge >= 0.3 is 18.2 Å². The third-order valence-corrected chi connectivity index (χ3v) is 7.90. The van der Waals surface area contributed by atoms with Crippen molar-refractivity contribution in [1.82, 2.24) is 20.9 Å². The van der Waals surface area contributed by atoms with Gasteiger partial charge in [-0.25, -0.2) is 9.59 Å². The summed E-state index contributed by atoms with van der Waals surface area (Å²) in [6.45, 7) is 9.24. The molecule has 1 aromatic carbocycles. The highest BCUT2D eigenvalue weighted by atomic mass is 19.4. The number of alkyl carbamates (subject to hydrolysis) is 1. The number of unbranched alkanes of at least 4 members (excludes halogenated alkanes) is 1. The zero-order valence-electron chi connectivity index (χ0n) is 27.6. The number of benzene rings is 1. The highest BCUT2D eigenvalue weighted by Gasteiger charge is 2.40. The molecular formula is C32H48F3N5O7. The van der Waals surface area contributed by atoms with Gasteiger partial charge in [-0.1, -0.05) is 32.4 Å². The molecule has 1 fully saturated rings. The molecule has 1 aliphatic rings. The molecule has 264 valence electrons. The first-order valence-electron chi connectivity index (χ1n) is 15.9. The minimum Gasteiger partial charge on any atom is -0.480 e. The Kier molecular flexibility index (Phi) is 14.5. The van der Waals surface area contributed by atoms with Crippen LogP contribution in [0.4, 0.5) is 18.0 Å². The third-order valence-electron chi connectivity index (χ3n) is 7.90. The number of carboxylic acids is 1. The van der Waals surface area contributed by atoms with E-state index in [4.69, 9.17) is 10.5 Å². The van der Waals surface area contributed by atoms with E-state index in [1.54, 1.807) is 34.6 Å². The van der Waals surface area contributed by atoms with Crippen molar-refractivity contribution in [3.8, 4) is 0 Å². The van der Waals surface area contributed by atoms with Crippen molar-refractivity contribution < 1.29 is 47.0 Å². The van der Waals surface area contributed by atoms with Gasteiger partial charge in [0, 0.05) is 19.5 Å². The fourth-order valence-electron chi connectivity index (χ4n) is 5.08. The topological polar surface area (TPSA) is 180 Å².